The summed E-state index contributed by atoms with van der Waals surface area (Å²) >= 11 is 0. The van der Waals surface area contributed by atoms with Gasteiger partial charge in [0.15, 0.2) is 11.7 Å². The molecule has 2 heterocycles. The maximum absolute atomic E-state index is 12.3. The molecule has 0 saturated carbocycles. The predicted octanol–water partition coefficient (Wildman–Crippen LogP) is 3.38. The summed E-state index contributed by atoms with van der Waals surface area (Å²) in [7, 11) is 0. The van der Waals surface area contributed by atoms with Crippen LogP contribution in [0, 0.1) is 6.92 Å². The second-order valence-electron chi connectivity index (χ2n) is 6.10. The zero-order valence-corrected chi connectivity index (χ0v) is 15.9. The molecule has 3 rings (SSSR count). The van der Waals surface area contributed by atoms with Crippen molar-refractivity contribution in [3.8, 4) is 11.3 Å². The molecule has 7 heteroatoms. The van der Waals surface area contributed by atoms with E-state index in [4.69, 9.17) is 10.2 Å². The van der Waals surface area contributed by atoms with Crippen LogP contribution in [0.5, 0.6) is 0 Å². The van der Waals surface area contributed by atoms with Crippen LogP contribution in [0.15, 0.2) is 34.9 Å². The molecule has 2 aromatic rings. The summed E-state index contributed by atoms with van der Waals surface area (Å²) in [6, 6.07) is 8.32. The molecule has 1 amide bonds. The van der Waals surface area contributed by atoms with E-state index in [1.807, 2.05) is 36.1 Å². The highest BCUT2D eigenvalue weighted by Crippen LogP contribution is 2.22. The number of hydrogen-bond donors (Lipinski definition) is 1. The summed E-state index contributed by atoms with van der Waals surface area (Å²) in [6.45, 7) is 3.41. The molecule has 0 bridgehead atoms. The molecule has 1 aromatic carbocycles. The van der Waals surface area contributed by atoms with E-state index in [1.54, 1.807) is 6.20 Å². The monoisotopic (exact) mass is 385 g/mol. The highest BCUT2D eigenvalue weighted by atomic mass is 35.5. The van der Waals surface area contributed by atoms with E-state index in [1.165, 1.54) is 5.56 Å². The Morgan fingerprint density at radius 3 is 2.72 bits per heavy atom. The summed E-state index contributed by atoms with van der Waals surface area (Å²) in [5.41, 5.74) is 7.93. The van der Waals surface area contributed by atoms with Crippen LogP contribution in [0.1, 0.15) is 30.7 Å². The summed E-state index contributed by atoms with van der Waals surface area (Å²) < 4.78 is 5.77. The Balaban J connectivity index is 0.00000156. The van der Waals surface area contributed by atoms with Crippen molar-refractivity contribution >= 4 is 30.7 Å². The Morgan fingerprint density at radius 2 is 2.04 bits per heavy atom. The number of halogens is 2. The number of hydrogen-bond acceptors (Lipinski definition) is 4. The van der Waals surface area contributed by atoms with E-state index < -0.39 is 0 Å². The third-order valence-corrected chi connectivity index (χ3v) is 4.41. The lowest BCUT2D eigenvalue weighted by molar-refractivity contribution is -0.131. The summed E-state index contributed by atoms with van der Waals surface area (Å²) in [5.74, 6) is 1.50. The third-order valence-electron chi connectivity index (χ3n) is 4.41. The van der Waals surface area contributed by atoms with Gasteiger partial charge in [0.25, 0.3) is 0 Å². The molecule has 0 aliphatic carbocycles. The number of carbonyl (C=O) groups excluding carboxylic acids is 1. The maximum atomic E-state index is 12.3. The first-order valence-electron chi connectivity index (χ1n) is 8.18. The van der Waals surface area contributed by atoms with Crippen molar-refractivity contribution in [3.05, 3.63) is 41.9 Å². The number of aromatic nitrogens is 1. The van der Waals surface area contributed by atoms with Gasteiger partial charge in [0.05, 0.1) is 6.20 Å². The number of oxazole rings is 1. The molecule has 1 unspecified atom stereocenters. The van der Waals surface area contributed by atoms with Crippen LogP contribution < -0.4 is 5.73 Å². The molecule has 0 spiro atoms. The molecule has 1 aliphatic rings. The van der Waals surface area contributed by atoms with Gasteiger partial charge in [-0.05, 0) is 19.8 Å². The standard InChI is InChI=1S/C18H23N3O2.2ClH/c1-13-4-6-14(7-5-13)16-12-20-17(23-16)8-9-18(22)21-10-2-3-15(21)11-19;;/h4-7,12,15H,2-3,8-11,19H2,1H3;2*1H. The van der Waals surface area contributed by atoms with Gasteiger partial charge in [-0.3, -0.25) is 4.79 Å². The summed E-state index contributed by atoms with van der Waals surface area (Å²) in [5, 5.41) is 0. The van der Waals surface area contributed by atoms with E-state index >= 15 is 0 Å². The number of likely N-dealkylation sites (tertiary alicyclic amines) is 1. The van der Waals surface area contributed by atoms with Crippen LogP contribution in [0.4, 0.5) is 0 Å². The van der Waals surface area contributed by atoms with Crippen LogP contribution in [0.3, 0.4) is 0 Å². The highest BCUT2D eigenvalue weighted by molar-refractivity contribution is 5.85. The number of carbonyl (C=O) groups is 1. The lowest BCUT2D eigenvalue weighted by atomic mass is 10.1. The minimum absolute atomic E-state index is 0. The fourth-order valence-corrected chi connectivity index (χ4v) is 3.04. The Kier molecular flexibility index (Phi) is 8.42. The highest BCUT2D eigenvalue weighted by Gasteiger charge is 2.27. The number of aryl methyl sites for hydroxylation is 2. The smallest absolute Gasteiger partial charge is 0.223 e. The van der Waals surface area contributed by atoms with E-state index in [0.717, 1.165) is 30.7 Å². The molecule has 138 valence electrons. The van der Waals surface area contributed by atoms with Gasteiger partial charge in [-0.1, -0.05) is 29.8 Å². The van der Waals surface area contributed by atoms with Crippen molar-refractivity contribution in [1.82, 2.24) is 9.88 Å². The van der Waals surface area contributed by atoms with Crippen molar-refractivity contribution in [3.63, 3.8) is 0 Å². The SMILES string of the molecule is Cc1ccc(-c2cnc(CCC(=O)N3CCCC3CN)o2)cc1.Cl.Cl. The quantitative estimate of drug-likeness (QED) is 0.855. The zero-order valence-electron chi connectivity index (χ0n) is 14.3. The topological polar surface area (TPSA) is 72.4 Å². The lowest BCUT2D eigenvalue weighted by Gasteiger charge is -2.23. The van der Waals surface area contributed by atoms with Crippen molar-refractivity contribution in [2.45, 2.75) is 38.6 Å². The number of benzene rings is 1. The van der Waals surface area contributed by atoms with Gasteiger partial charge in [-0.2, -0.15) is 0 Å². The zero-order chi connectivity index (χ0) is 16.2. The second-order valence-corrected chi connectivity index (χ2v) is 6.10. The van der Waals surface area contributed by atoms with Crippen molar-refractivity contribution < 1.29 is 9.21 Å². The van der Waals surface area contributed by atoms with Crippen LogP contribution in [-0.2, 0) is 11.2 Å². The average Bonchev–Trinajstić information content (AvgIpc) is 3.22. The largest absolute Gasteiger partial charge is 0.441 e. The molecule has 1 fully saturated rings. The van der Waals surface area contributed by atoms with Gasteiger partial charge in [0.1, 0.15) is 0 Å². The van der Waals surface area contributed by atoms with Gasteiger partial charge in [0.2, 0.25) is 5.91 Å². The minimum Gasteiger partial charge on any atom is -0.441 e. The number of nitrogens with zero attached hydrogens (tertiary/aromatic N) is 2. The molecule has 0 radical (unpaired) electrons. The Bertz CT molecular complexity index is 673. The normalized spacial score (nSPS) is 16.2. The van der Waals surface area contributed by atoms with Crippen molar-refractivity contribution in [1.29, 1.82) is 0 Å². The van der Waals surface area contributed by atoms with Crippen LogP contribution in [-0.4, -0.2) is 34.9 Å². The van der Waals surface area contributed by atoms with Gasteiger partial charge in [0, 0.05) is 37.5 Å². The van der Waals surface area contributed by atoms with E-state index in [-0.39, 0.29) is 36.8 Å². The molecular weight excluding hydrogens is 361 g/mol. The first kappa shape index (κ1) is 21.5. The Labute approximate surface area is 160 Å². The van der Waals surface area contributed by atoms with Crippen LogP contribution in [0.2, 0.25) is 0 Å². The Hall–Kier alpha value is -1.56. The average molecular weight is 386 g/mol. The lowest BCUT2D eigenvalue weighted by Crippen LogP contribution is -2.40. The van der Waals surface area contributed by atoms with E-state index in [9.17, 15) is 4.79 Å². The first-order chi connectivity index (χ1) is 11.2. The summed E-state index contributed by atoms with van der Waals surface area (Å²) in [6.07, 6.45) is 4.73. The van der Waals surface area contributed by atoms with Crippen LogP contribution in [0.25, 0.3) is 11.3 Å². The number of amides is 1. The van der Waals surface area contributed by atoms with Gasteiger partial charge in [-0.25, -0.2) is 4.98 Å². The Morgan fingerprint density at radius 1 is 1.32 bits per heavy atom. The van der Waals surface area contributed by atoms with Crippen LogP contribution >= 0.6 is 24.8 Å². The van der Waals surface area contributed by atoms with Crippen molar-refractivity contribution in [2.75, 3.05) is 13.1 Å². The van der Waals surface area contributed by atoms with Gasteiger partial charge >= 0.3 is 0 Å². The third kappa shape index (κ3) is 5.21. The first-order valence-corrected chi connectivity index (χ1v) is 8.18. The van der Waals surface area contributed by atoms with E-state index in [2.05, 4.69) is 4.98 Å². The molecular formula is C18H25Cl2N3O2. The fourth-order valence-electron chi connectivity index (χ4n) is 3.04. The molecule has 1 atom stereocenters. The maximum Gasteiger partial charge on any atom is 0.223 e. The van der Waals surface area contributed by atoms with Gasteiger partial charge in [-0.15, -0.1) is 24.8 Å². The van der Waals surface area contributed by atoms with Crippen molar-refractivity contribution in [2.24, 2.45) is 5.73 Å². The molecule has 1 aliphatic heterocycles. The number of nitrogens with two attached hydrogens (primary N) is 1. The molecule has 2 N–H and O–H groups in total. The van der Waals surface area contributed by atoms with Gasteiger partial charge < -0.3 is 15.1 Å². The second kappa shape index (κ2) is 9.80. The minimum atomic E-state index is 0. The molecule has 5 nitrogen and oxygen atoms in total. The fraction of sp³-hybridized carbons (Fsp3) is 0.444. The number of rotatable bonds is 5. The molecule has 1 aromatic heterocycles. The molecule has 25 heavy (non-hydrogen) atoms. The van der Waals surface area contributed by atoms with E-state index in [0.29, 0.717) is 25.3 Å². The molecule has 1 saturated heterocycles. The predicted molar refractivity (Wildman–Crippen MR) is 103 cm³/mol. The summed E-state index contributed by atoms with van der Waals surface area (Å²) in [4.78, 5) is 18.5.